The first-order valence-corrected chi connectivity index (χ1v) is 10.0. The van der Waals surface area contributed by atoms with Crippen LogP contribution in [0.15, 0.2) is 48.5 Å². The van der Waals surface area contributed by atoms with Crippen LogP contribution in [0, 0.1) is 0 Å². The van der Waals surface area contributed by atoms with Gasteiger partial charge in [-0.1, -0.05) is 51.7 Å². The molecule has 0 bridgehead atoms. The fraction of sp³-hybridized carbons (Fsp3) is 0.435. The number of ether oxygens (including phenoxy) is 2. The van der Waals surface area contributed by atoms with E-state index in [-0.39, 0.29) is 5.91 Å². The van der Waals surface area contributed by atoms with E-state index < -0.39 is 0 Å². The van der Waals surface area contributed by atoms with Crippen LogP contribution in [-0.2, 0) is 0 Å². The summed E-state index contributed by atoms with van der Waals surface area (Å²) in [5.41, 5.74) is 1.28. The lowest BCUT2D eigenvalue weighted by Gasteiger charge is -2.12. The molecule has 0 saturated carbocycles. The number of hydrogen-bond acceptors (Lipinski definition) is 3. The fourth-order valence-corrected chi connectivity index (χ4v) is 2.64. The summed E-state index contributed by atoms with van der Waals surface area (Å²) in [7, 11) is 0. The number of benzene rings is 2. The summed E-state index contributed by atoms with van der Waals surface area (Å²) in [5, 5.41) is 2.93. The Morgan fingerprint density at radius 3 is 2.26 bits per heavy atom. The molecule has 1 N–H and O–H groups in total. The van der Waals surface area contributed by atoms with E-state index >= 15 is 0 Å². The van der Waals surface area contributed by atoms with Crippen molar-refractivity contribution in [3.63, 3.8) is 0 Å². The number of anilines is 1. The number of carbonyl (C=O) groups is 1. The zero-order valence-electron chi connectivity index (χ0n) is 16.5. The Kier molecular flexibility index (Phi) is 9.25. The van der Waals surface area contributed by atoms with E-state index in [9.17, 15) is 4.79 Å². The molecule has 1 amide bonds. The molecule has 0 aliphatic carbocycles. The van der Waals surface area contributed by atoms with Gasteiger partial charge < -0.3 is 14.8 Å². The summed E-state index contributed by atoms with van der Waals surface area (Å²) in [6.45, 7) is 5.68. The topological polar surface area (TPSA) is 47.6 Å². The number of para-hydroxylation sites is 2. The highest BCUT2D eigenvalue weighted by molar-refractivity contribution is 6.05. The number of rotatable bonds is 12. The van der Waals surface area contributed by atoms with Crippen LogP contribution in [0.1, 0.15) is 62.7 Å². The number of amides is 1. The number of carbonyl (C=O) groups excluding carboxylic acids is 1. The van der Waals surface area contributed by atoms with Crippen LogP contribution in [0.5, 0.6) is 11.5 Å². The largest absolute Gasteiger partial charge is 0.494 e. The molecule has 4 heteroatoms. The molecule has 2 aromatic rings. The lowest BCUT2D eigenvalue weighted by Crippen LogP contribution is -2.13. The molecule has 0 aliphatic rings. The molecule has 0 spiro atoms. The number of hydrogen-bond donors (Lipinski definition) is 1. The Balaban J connectivity index is 1.89. The van der Waals surface area contributed by atoms with E-state index in [1.54, 1.807) is 12.1 Å². The molecule has 0 unspecified atom stereocenters. The molecular weight excluding hydrogens is 338 g/mol. The second kappa shape index (κ2) is 12.0. The van der Waals surface area contributed by atoms with Gasteiger partial charge in [0.25, 0.3) is 5.91 Å². The number of unbranched alkanes of at least 4 members (excludes halogenated alkanes) is 4. The zero-order chi connectivity index (χ0) is 19.3. The predicted molar refractivity (Wildman–Crippen MR) is 111 cm³/mol. The minimum atomic E-state index is -0.156. The van der Waals surface area contributed by atoms with E-state index in [1.807, 2.05) is 36.4 Å². The third kappa shape index (κ3) is 7.33. The molecule has 27 heavy (non-hydrogen) atoms. The van der Waals surface area contributed by atoms with Crippen molar-refractivity contribution in [1.82, 2.24) is 0 Å². The Labute approximate surface area is 162 Å². The van der Waals surface area contributed by atoms with E-state index in [2.05, 4.69) is 19.2 Å². The van der Waals surface area contributed by atoms with Crippen LogP contribution >= 0.6 is 0 Å². The third-order valence-electron chi connectivity index (χ3n) is 4.27. The molecule has 2 rings (SSSR count). The summed E-state index contributed by atoms with van der Waals surface area (Å²) in [6, 6.07) is 14.8. The summed E-state index contributed by atoms with van der Waals surface area (Å²) >= 11 is 0. The first-order chi connectivity index (χ1) is 13.2. The van der Waals surface area contributed by atoms with Gasteiger partial charge in [0.15, 0.2) is 0 Å². The van der Waals surface area contributed by atoms with Crippen LogP contribution in [-0.4, -0.2) is 19.1 Å². The minimum Gasteiger partial charge on any atom is -0.494 e. The molecule has 0 heterocycles. The van der Waals surface area contributed by atoms with Crippen molar-refractivity contribution in [2.45, 2.75) is 52.4 Å². The summed E-state index contributed by atoms with van der Waals surface area (Å²) in [6.07, 6.45) is 6.77. The maximum Gasteiger partial charge on any atom is 0.255 e. The number of nitrogens with one attached hydrogen (secondary N) is 1. The van der Waals surface area contributed by atoms with E-state index in [1.165, 1.54) is 19.3 Å². The van der Waals surface area contributed by atoms with E-state index in [0.717, 1.165) is 25.0 Å². The molecule has 0 saturated heterocycles. The van der Waals surface area contributed by atoms with Crippen LogP contribution in [0.2, 0.25) is 0 Å². The van der Waals surface area contributed by atoms with Crippen LogP contribution < -0.4 is 14.8 Å². The van der Waals surface area contributed by atoms with Crippen molar-refractivity contribution in [3.05, 3.63) is 54.1 Å². The normalized spacial score (nSPS) is 10.4. The second-order valence-corrected chi connectivity index (χ2v) is 6.59. The molecule has 4 nitrogen and oxygen atoms in total. The highest BCUT2D eigenvalue weighted by atomic mass is 16.5. The molecule has 0 radical (unpaired) electrons. The summed E-state index contributed by atoms with van der Waals surface area (Å²) in [4.78, 5) is 12.5. The van der Waals surface area contributed by atoms with Gasteiger partial charge in [-0.15, -0.1) is 0 Å². The summed E-state index contributed by atoms with van der Waals surface area (Å²) in [5.74, 6) is 1.34. The molecule has 2 aromatic carbocycles. The van der Waals surface area contributed by atoms with Crippen LogP contribution in [0.3, 0.4) is 0 Å². The van der Waals surface area contributed by atoms with Crippen molar-refractivity contribution in [1.29, 1.82) is 0 Å². The first-order valence-electron chi connectivity index (χ1n) is 10.0. The molecule has 0 fully saturated rings. The highest BCUT2D eigenvalue weighted by Gasteiger charge is 2.10. The first kappa shape index (κ1) is 20.8. The van der Waals surface area contributed by atoms with Crippen molar-refractivity contribution in [3.8, 4) is 11.5 Å². The summed E-state index contributed by atoms with van der Waals surface area (Å²) < 4.78 is 11.5. The quantitative estimate of drug-likeness (QED) is 0.461. The molecule has 0 aliphatic heterocycles. The van der Waals surface area contributed by atoms with Crippen LogP contribution in [0.25, 0.3) is 0 Å². The van der Waals surface area contributed by atoms with Crippen LogP contribution in [0.4, 0.5) is 5.69 Å². The predicted octanol–water partition coefficient (Wildman–Crippen LogP) is 6.08. The second-order valence-electron chi connectivity index (χ2n) is 6.59. The maximum absolute atomic E-state index is 12.5. The van der Waals surface area contributed by atoms with Crippen molar-refractivity contribution in [2.24, 2.45) is 0 Å². The average Bonchev–Trinajstić information content (AvgIpc) is 2.70. The van der Waals surface area contributed by atoms with E-state index in [4.69, 9.17) is 9.47 Å². The zero-order valence-corrected chi connectivity index (χ0v) is 16.5. The SMILES string of the molecule is CCCCCCOc1ccc(C(=O)Nc2ccccc2OCCCC)cc1. The van der Waals surface area contributed by atoms with Gasteiger partial charge >= 0.3 is 0 Å². The minimum absolute atomic E-state index is 0.156. The monoisotopic (exact) mass is 369 g/mol. The Bertz CT molecular complexity index is 682. The van der Waals surface area contributed by atoms with Gasteiger partial charge in [-0.25, -0.2) is 0 Å². The third-order valence-corrected chi connectivity index (χ3v) is 4.27. The Morgan fingerprint density at radius 2 is 1.52 bits per heavy atom. The molecule has 0 aromatic heterocycles. The molecule has 0 atom stereocenters. The lowest BCUT2D eigenvalue weighted by molar-refractivity contribution is 0.102. The Hall–Kier alpha value is -2.49. The average molecular weight is 370 g/mol. The van der Waals surface area contributed by atoms with E-state index in [0.29, 0.717) is 30.2 Å². The highest BCUT2D eigenvalue weighted by Crippen LogP contribution is 2.25. The van der Waals surface area contributed by atoms with Gasteiger partial charge in [0.2, 0.25) is 0 Å². The van der Waals surface area contributed by atoms with Crippen molar-refractivity contribution >= 4 is 11.6 Å². The van der Waals surface area contributed by atoms with Crippen molar-refractivity contribution < 1.29 is 14.3 Å². The van der Waals surface area contributed by atoms with Gasteiger partial charge in [0.1, 0.15) is 11.5 Å². The lowest BCUT2D eigenvalue weighted by atomic mass is 10.2. The Morgan fingerprint density at radius 1 is 0.815 bits per heavy atom. The standard InChI is InChI=1S/C23H31NO3/c1-3-5-7-10-18-26-20-15-13-19(14-16-20)23(25)24-21-11-8-9-12-22(21)27-17-6-4-2/h8-9,11-16H,3-7,10,17-18H2,1-2H3,(H,24,25). The van der Waals surface area contributed by atoms with Gasteiger partial charge in [0.05, 0.1) is 18.9 Å². The fourth-order valence-electron chi connectivity index (χ4n) is 2.64. The smallest absolute Gasteiger partial charge is 0.255 e. The van der Waals surface area contributed by atoms with Gasteiger partial charge in [-0.05, 0) is 49.2 Å². The van der Waals surface area contributed by atoms with Crippen molar-refractivity contribution in [2.75, 3.05) is 18.5 Å². The molecule has 146 valence electrons. The van der Waals surface area contributed by atoms with Gasteiger partial charge in [-0.3, -0.25) is 4.79 Å². The van der Waals surface area contributed by atoms with Gasteiger partial charge in [0, 0.05) is 5.56 Å². The van der Waals surface area contributed by atoms with Gasteiger partial charge in [-0.2, -0.15) is 0 Å². The molecular formula is C23H31NO3. The maximum atomic E-state index is 12.5.